The van der Waals surface area contributed by atoms with Gasteiger partial charge in [-0.2, -0.15) is 0 Å². The summed E-state index contributed by atoms with van der Waals surface area (Å²) >= 11 is 0. The summed E-state index contributed by atoms with van der Waals surface area (Å²) in [5, 5.41) is 0.940. The largest absolute Gasteiger partial charge is 0.361 e. The Labute approximate surface area is 81.9 Å². The van der Waals surface area contributed by atoms with E-state index in [-0.39, 0.29) is 5.78 Å². The lowest BCUT2D eigenvalue weighted by Crippen LogP contribution is -2.26. The quantitative estimate of drug-likeness (QED) is 0.705. The summed E-state index contributed by atoms with van der Waals surface area (Å²) < 4.78 is 0. The molecular weight excluding hydrogens is 176 g/mol. The van der Waals surface area contributed by atoms with Gasteiger partial charge in [0.2, 0.25) is 0 Å². The van der Waals surface area contributed by atoms with Crippen molar-refractivity contribution in [1.82, 2.24) is 4.98 Å². The number of benzene rings is 1. The first-order valence-corrected chi connectivity index (χ1v) is 4.56. The van der Waals surface area contributed by atoms with Crippen LogP contribution in [0.1, 0.15) is 17.3 Å². The minimum Gasteiger partial charge on any atom is -0.361 e. The number of hydrogen-bond acceptors (Lipinski definition) is 2. The van der Waals surface area contributed by atoms with Crippen molar-refractivity contribution >= 4 is 16.7 Å². The number of hydrogen-bond donors (Lipinski definition) is 2. The van der Waals surface area contributed by atoms with Gasteiger partial charge in [0.15, 0.2) is 5.78 Å². The number of carbonyl (C=O) groups excluding carboxylic acids is 1. The van der Waals surface area contributed by atoms with Crippen LogP contribution in [0.25, 0.3) is 10.9 Å². The Morgan fingerprint density at radius 2 is 2.21 bits per heavy atom. The molecule has 0 fully saturated rings. The summed E-state index contributed by atoms with van der Waals surface area (Å²) in [6.07, 6.45) is 1.82. The number of rotatable bonds is 2. The summed E-state index contributed by atoms with van der Waals surface area (Å²) in [4.78, 5) is 14.8. The van der Waals surface area contributed by atoms with Crippen molar-refractivity contribution in [2.45, 2.75) is 13.0 Å². The Morgan fingerprint density at radius 3 is 2.93 bits per heavy atom. The van der Waals surface area contributed by atoms with Crippen LogP contribution < -0.4 is 5.73 Å². The Hall–Kier alpha value is -1.61. The normalized spacial score (nSPS) is 13.0. The molecule has 1 aromatic carbocycles. The molecule has 0 aliphatic heterocycles. The zero-order chi connectivity index (χ0) is 10.1. The molecule has 0 aliphatic rings. The highest BCUT2D eigenvalue weighted by molar-refractivity contribution is 6.09. The second kappa shape index (κ2) is 3.27. The predicted octanol–water partition coefficient (Wildman–Crippen LogP) is 1.70. The van der Waals surface area contributed by atoms with Crippen molar-refractivity contribution in [2.24, 2.45) is 5.73 Å². The van der Waals surface area contributed by atoms with E-state index in [2.05, 4.69) is 4.98 Å². The maximum atomic E-state index is 11.7. The molecule has 14 heavy (non-hydrogen) atoms. The molecule has 72 valence electrons. The molecule has 0 saturated heterocycles. The number of H-pyrrole nitrogens is 1. The van der Waals surface area contributed by atoms with Gasteiger partial charge in [0.25, 0.3) is 0 Å². The maximum Gasteiger partial charge on any atom is 0.179 e. The Kier molecular flexibility index (Phi) is 2.09. The minimum atomic E-state index is -0.449. The Bertz CT molecular complexity index is 471. The predicted molar refractivity (Wildman–Crippen MR) is 56.3 cm³/mol. The number of Topliss-reactive ketones (excluding diaryl/α,β-unsaturated/α-hetero) is 1. The third-order valence-corrected chi connectivity index (χ3v) is 2.27. The third-order valence-electron chi connectivity index (χ3n) is 2.27. The first-order valence-electron chi connectivity index (χ1n) is 4.56. The van der Waals surface area contributed by atoms with Crippen LogP contribution in [-0.4, -0.2) is 16.8 Å². The van der Waals surface area contributed by atoms with Crippen LogP contribution in [0.5, 0.6) is 0 Å². The van der Waals surface area contributed by atoms with Crippen molar-refractivity contribution in [1.29, 1.82) is 0 Å². The van der Waals surface area contributed by atoms with Crippen molar-refractivity contribution in [3.8, 4) is 0 Å². The van der Waals surface area contributed by atoms with Crippen molar-refractivity contribution in [3.63, 3.8) is 0 Å². The van der Waals surface area contributed by atoms with Gasteiger partial charge in [-0.3, -0.25) is 4.79 Å². The fraction of sp³-hybridized carbons (Fsp3) is 0.182. The number of aromatic amines is 1. The Morgan fingerprint density at radius 1 is 1.43 bits per heavy atom. The molecule has 3 nitrogen and oxygen atoms in total. The van der Waals surface area contributed by atoms with E-state index >= 15 is 0 Å². The summed E-state index contributed by atoms with van der Waals surface area (Å²) in [5.74, 6) is -0.0183. The third kappa shape index (κ3) is 1.32. The fourth-order valence-electron chi connectivity index (χ4n) is 1.55. The van der Waals surface area contributed by atoms with Crippen LogP contribution in [-0.2, 0) is 0 Å². The highest BCUT2D eigenvalue weighted by atomic mass is 16.1. The van der Waals surface area contributed by atoms with Gasteiger partial charge in [0.05, 0.1) is 6.04 Å². The molecule has 1 aromatic heterocycles. The van der Waals surface area contributed by atoms with Crippen molar-refractivity contribution in [2.75, 3.05) is 0 Å². The zero-order valence-corrected chi connectivity index (χ0v) is 7.95. The average molecular weight is 188 g/mol. The lowest BCUT2D eigenvalue weighted by Gasteiger charge is -2.05. The lowest BCUT2D eigenvalue weighted by molar-refractivity contribution is 0.0969. The molecule has 1 heterocycles. The van der Waals surface area contributed by atoms with Gasteiger partial charge in [0, 0.05) is 22.7 Å². The van der Waals surface area contributed by atoms with Crippen LogP contribution in [0.2, 0.25) is 0 Å². The first kappa shape index (κ1) is 8.97. The SMILES string of the molecule is CC(N)C(=O)c1cccc2[nH]ccc12. The van der Waals surface area contributed by atoms with Gasteiger partial charge in [-0.1, -0.05) is 12.1 Å². The molecule has 2 rings (SSSR count). The molecular formula is C11H12N2O. The van der Waals surface area contributed by atoms with Crippen LogP contribution in [0, 0.1) is 0 Å². The molecule has 0 saturated carbocycles. The summed E-state index contributed by atoms with van der Waals surface area (Å²) in [7, 11) is 0. The number of ketones is 1. The number of carbonyl (C=O) groups is 1. The topological polar surface area (TPSA) is 58.9 Å². The molecule has 0 bridgehead atoms. The second-order valence-electron chi connectivity index (χ2n) is 3.40. The van der Waals surface area contributed by atoms with E-state index in [0.717, 1.165) is 10.9 Å². The maximum absolute atomic E-state index is 11.7. The van der Waals surface area contributed by atoms with Gasteiger partial charge < -0.3 is 10.7 Å². The number of nitrogens with one attached hydrogen (secondary N) is 1. The second-order valence-corrected chi connectivity index (χ2v) is 3.40. The molecule has 3 N–H and O–H groups in total. The van der Waals surface area contributed by atoms with Crippen LogP contribution >= 0.6 is 0 Å². The lowest BCUT2D eigenvalue weighted by atomic mass is 10.0. The van der Waals surface area contributed by atoms with E-state index in [0.29, 0.717) is 5.56 Å². The molecule has 1 unspecified atom stereocenters. The van der Waals surface area contributed by atoms with E-state index < -0.39 is 6.04 Å². The molecule has 0 radical (unpaired) electrons. The number of nitrogens with two attached hydrogens (primary N) is 1. The molecule has 2 aromatic rings. The summed E-state index contributed by atoms with van der Waals surface area (Å²) in [6, 6.07) is 7.05. The van der Waals surface area contributed by atoms with Crippen LogP contribution in [0.4, 0.5) is 0 Å². The molecule has 3 heteroatoms. The van der Waals surface area contributed by atoms with Gasteiger partial charge in [-0.25, -0.2) is 0 Å². The number of aromatic nitrogens is 1. The van der Waals surface area contributed by atoms with Crippen LogP contribution in [0.15, 0.2) is 30.5 Å². The van der Waals surface area contributed by atoms with Crippen molar-refractivity contribution < 1.29 is 4.79 Å². The van der Waals surface area contributed by atoms with E-state index in [1.807, 2.05) is 30.5 Å². The molecule has 1 atom stereocenters. The summed E-state index contributed by atoms with van der Waals surface area (Å²) in [5.41, 5.74) is 7.23. The highest BCUT2D eigenvalue weighted by Gasteiger charge is 2.13. The van der Waals surface area contributed by atoms with Crippen LogP contribution in [0.3, 0.4) is 0 Å². The molecule has 0 aliphatic carbocycles. The molecule has 0 spiro atoms. The van der Waals surface area contributed by atoms with Gasteiger partial charge in [0.1, 0.15) is 0 Å². The van der Waals surface area contributed by atoms with Gasteiger partial charge in [-0.15, -0.1) is 0 Å². The van der Waals surface area contributed by atoms with E-state index in [9.17, 15) is 4.79 Å². The van der Waals surface area contributed by atoms with E-state index in [1.165, 1.54) is 0 Å². The smallest absolute Gasteiger partial charge is 0.179 e. The average Bonchev–Trinajstić information content (AvgIpc) is 2.63. The molecule has 0 amide bonds. The van der Waals surface area contributed by atoms with E-state index in [1.54, 1.807) is 6.92 Å². The summed E-state index contributed by atoms with van der Waals surface area (Å²) in [6.45, 7) is 1.70. The van der Waals surface area contributed by atoms with Gasteiger partial charge in [-0.05, 0) is 19.1 Å². The standard InChI is InChI=1S/C11H12N2O/c1-7(12)11(14)9-3-2-4-10-8(9)5-6-13-10/h2-7,13H,12H2,1H3. The first-order chi connectivity index (χ1) is 6.70. The zero-order valence-electron chi connectivity index (χ0n) is 7.95. The monoisotopic (exact) mass is 188 g/mol. The fourth-order valence-corrected chi connectivity index (χ4v) is 1.55. The van der Waals surface area contributed by atoms with Gasteiger partial charge >= 0.3 is 0 Å². The number of fused-ring (bicyclic) bond motifs is 1. The van der Waals surface area contributed by atoms with E-state index in [4.69, 9.17) is 5.73 Å². The highest BCUT2D eigenvalue weighted by Crippen LogP contribution is 2.18. The van der Waals surface area contributed by atoms with Crippen molar-refractivity contribution in [3.05, 3.63) is 36.0 Å². The minimum absolute atomic E-state index is 0.0183. The Balaban J connectivity index is 2.62.